The minimum absolute atomic E-state index is 0.387. The van der Waals surface area contributed by atoms with Crippen LogP contribution in [0.25, 0.3) is 0 Å². The maximum atomic E-state index is 9.32. The molecule has 0 heterocycles. The smallest absolute Gasteiger partial charge is 0.115 e. The third kappa shape index (κ3) is 1.88. The number of benzene rings is 1. The van der Waals surface area contributed by atoms with Crippen molar-refractivity contribution in [3.63, 3.8) is 0 Å². The molecule has 0 spiro atoms. The molecule has 0 fully saturated rings. The van der Waals surface area contributed by atoms with Gasteiger partial charge in [0.2, 0.25) is 0 Å². The largest absolute Gasteiger partial charge is 0.508 e. The normalized spacial score (nSPS) is 11.7. The van der Waals surface area contributed by atoms with Crippen LogP contribution in [0.4, 0.5) is 0 Å². The maximum absolute atomic E-state index is 9.32. The highest BCUT2D eigenvalue weighted by atomic mass is 28.3. The van der Waals surface area contributed by atoms with E-state index in [1.807, 2.05) is 12.1 Å². The third-order valence-corrected chi connectivity index (χ3v) is 4.18. The Balaban J connectivity index is 3.23. The van der Waals surface area contributed by atoms with Gasteiger partial charge in [-0.1, -0.05) is 36.5 Å². The summed E-state index contributed by atoms with van der Waals surface area (Å²) in [5.41, 5.74) is 1.30. The molecule has 1 nitrogen and oxygen atoms in total. The highest BCUT2D eigenvalue weighted by Gasteiger charge is 2.18. The van der Waals surface area contributed by atoms with Gasteiger partial charge in [-0.05, 0) is 19.1 Å². The quantitative estimate of drug-likeness (QED) is 0.657. The predicted molar refractivity (Wildman–Crippen MR) is 55.8 cm³/mol. The summed E-state index contributed by atoms with van der Waals surface area (Å²) in [5, 5.41) is 10.7. The minimum atomic E-state index is -1.27. The van der Waals surface area contributed by atoms with E-state index in [2.05, 4.69) is 26.6 Å². The van der Waals surface area contributed by atoms with E-state index in [0.717, 1.165) is 0 Å². The fourth-order valence-electron chi connectivity index (χ4n) is 1.42. The van der Waals surface area contributed by atoms with Gasteiger partial charge in [0, 0.05) is 0 Å². The Labute approximate surface area is 75.1 Å². The van der Waals surface area contributed by atoms with Crippen LogP contribution < -0.4 is 5.19 Å². The zero-order valence-electron chi connectivity index (χ0n) is 8.18. The van der Waals surface area contributed by atoms with E-state index in [0.29, 0.717) is 5.75 Å². The minimum Gasteiger partial charge on any atom is -0.508 e. The average molecular weight is 180 g/mol. The number of phenolic OH excluding ortho intramolecular Hbond substituents is 1. The first-order valence-corrected chi connectivity index (χ1v) is 7.71. The van der Waals surface area contributed by atoms with Crippen LogP contribution in [0.15, 0.2) is 18.2 Å². The summed E-state index contributed by atoms with van der Waals surface area (Å²) in [5.74, 6) is 0.387. The molecule has 1 aromatic carbocycles. The van der Waals surface area contributed by atoms with Crippen molar-refractivity contribution in [3.05, 3.63) is 23.8 Å². The van der Waals surface area contributed by atoms with Crippen LogP contribution >= 0.6 is 0 Å². The molecule has 0 unspecified atom stereocenters. The van der Waals surface area contributed by atoms with E-state index in [4.69, 9.17) is 0 Å². The van der Waals surface area contributed by atoms with Crippen LogP contribution in [0, 0.1) is 6.92 Å². The van der Waals surface area contributed by atoms with Crippen LogP contribution in [0.1, 0.15) is 5.56 Å². The summed E-state index contributed by atoms with van der Waals surface area (Å²) in [6.45, 7) is 8.96. The lowest BCUT2D eigenvalue weighted by Crippen LogP contribution is -2.39. The molecule has 1 N–H and O–H groups in total. The monoisotopic (exact) mass is 180 g/mol. The van der Waals surface area contributed by atoms with Crippen LogP contribution in [0.2, 0.25) is 19.6 Å². The third-order valence-electron chi connectivity index (χ3n) is 2.03. The van der Waals surface area contributed by atoms with Gasteiger partial charge in [-0.25, -0.2) is 0 Å². The highest BCUT2D eigenvalue weighted by molar-refractivity contribution is 6.89. The molecular formula is C10H16OSi. The molecule has 0 bridgehead atoms. The molecule has 0 saturated heterocycles. The SMILES string of the molecule is Cc1ccc(O)cc1[Si](C)(C)C. The first-order chi connectivity index (χ1) is 5.41. The summed E-state index contributed by atoms with van der Waals surface area (Å²) < 4.78 is 0. The maximum Gasteiger partial charge on any atom is 0.115 e. The first-order valence-electron chi connectivity index (χ1n) is 4.21. The van der Waals surface area contributed by atoms with Crippen LogP contribution in [-0.4, -0.2) is 13.2 Å². The summed E-state index contributed by atoms with van der Waals surface area (Å²) in [6, 6.07) is 5.64. The Morgan fingerprint density at radius 2 is 1.75 bits per heavy atom. The van der Waals surface area contributed by atoms with Crippen LogP contribution in [0.3, 0.4) is 0 Å². The van der Waals surface area contributed by atoms with Gasteiger partial charge in [-0.2, -0.15) is 0 Å². The average Bonchev–Trinajstić information content (AvgIpc) is 1.92. The molecule has 12 heavy (non-hydrogen) atoms. The molecule has 0 aliphatic rings. The van der Waals surface area contributed by atoms with Crippen molar-refractivity contribution in [2.75, 3.05) is 0 Å². The molecule has 2 heteroatoms. The zero-order chi connectivity index (χ0) is 9.35. The predicted octanol–water partition coefficient (Wildman–Crippen LogP) is 2.25. The van der Waals surface area contributed by atoms with E-state index in [-0.39, 0.29) is 0 Å². The summed E-state index contributed by atoms with van der Waals surface area (Å²) >= 11 is 0. The van der Waals surface area contributed by atoms with E-state index < -0.39 is 8.07 Å². The highest BCUT2D eigenvalue weighted by Crippen LogP contribution is 2.12. The lowest BCUT2D eigenvalue weighted by Gasteiger charge is -2.19. The van der Waals surface area contributed by atoms with Gasteiger partial charge < -0.3 is 5.11 Å². The standard InChI is InChI=1S/C10H16OSi/c1-8-5-6-9(11)7-10(8)12(2,3)4/h5-7,11H,1-4H3. The van der Waals surface area contributed by atoms with Crippen molar-refractivity contribution in [1.29, 1.82) is 0 Å². The van der Waals surface area contributed by atoms with Gasteiger partial charge >= 0.3 is 0 Å². The molecule has 0 radical (unpaired) electrons. The van der Waals surface area contributed by atoms with Crippen molar-refractivity contribution in [2.45, 2.75) is 26.6 Å². The van der Waals surface area contributed by atoms with Gasteiger partial charge in [-0.3, -0.25) is 0 Å². The zero-order valence-corrected chi connectivity index (χ0v) is 9.18. The van der Waals surface area contributed by atoms with Crippen molar-refractivity contribution in [3.8, 4) is 5.75 Å². The Hall–Kier alpha value is -0.763. The van der Waals surface area contributed by atoms with Gasteiger partial charge in [-0.15, -0.1) is 0 Å². The lowest BCUT2D eigenvalue weighted by atomic mass is 10.2. The fourth-order valence-corrected chi connectivity index (χ4v) is 3.27. The van der Waals surface area contributed by atoms with Crippen molar-refractivity contribution in [2.24, 2.45) is 0 Å². The van der Waals surface area contributed by atoms with Crippen LogP contribution in [0.5, 0.6) is 5.75 Å². The second kappa shape index (κ2) is 2.94. The Morgan fingerprint density at radius 3 is 2.17 bits per heavy atom. The Kier molecular flexibility index (Phi) is 2.28. The number of aromatic hydroxyl groups is 1. The summed E-state index contributed by atoms with van der Waals surface area (Å²) in [4.78, 5) is 0. The number of aryl methyl sites for hydroxylation is 1. The van der Waals surface area contributed by atoms with Gasteiger partial charge in [0.25, 0.3) is 0 Å². The van der Waals surface area contributed by atoms with E-state index in [9.17, 15) is 5.11 Å². The first kappa shape index (κ1) is 9.33. The van der Waals surface area contributed by atoms with Crippen molar-refractivity contribution < 1.29 is 5.11 Å². The van der Waals surface area contributed by atoms with Crippen molar-refractivity contribution in [1.82, 2.24) is 0 Å². The number of hydrogen-bond acceptors (Lipinski definition) is 1. The molecule has 0 aliphatic carbocycles. The molecule has 0 saturated carbocycles. The second-order valence-corrected chi connectivity index (χ2v) is 9.29. The number of hydrogen-bond donors (Lipinski definition) is 1. The molecular weight excluding hydrogens is 164 g/mol. The van der Waals surface area contributed by atoms with E-state index >= 15 is 0 Å². The van der Waals surface area contributed by atoms with E-state index in [1.165, 1.54) is 10.8 Å². The molecule has 1 rings (SSSR count). The molecule has 0 aromatic heterocycles. The molecule has 0 aliphatic heterocycles. The van der Waals surface area contributed by atoms with Crippen molar-refractivity contribution >= 4 is 13.3 Å². The summed E-state index contributed by atoms with van der Waals surface area (Å²) in [7, 11) is -1.27. The Morgan fingerprint density at radius 1 is 1.17 bits per heavy atom. The van der Waals surface area contributed by atoms with E-state index in [1.54, 1.807) is 6.07 Å². The molecule has 1 aromatic rings. The fraction of sp³-hybridized carbons (Fsp3) is 0.400. The summed E-state index contributed by atoms with van der Waals surface area (Å²) in [6.07, 6.45) is 0. The lowest BCUT2D eigenvalue weighted by molar-refractivity contribution is 0.475. The van der Waals surface area contributed by atoms with Gasteiger partial charge in [0.1, 0.15) is 5.75 Å². The topological polar surface area (TPSA) is 20.2 Å². The second-order valence-electron chi connectivity index (χ2n) is 4.25. The Bertz CT molecular complexity index is 286. The number of phenols is 1. The van der Waals surface area contributed by atoms with Gasteiger partial charge in [0.05, 0.1) is 8.07 Å². The number of rotatable bonds is 1. The van der Waals surface area contributed by atoms with Gasteiger partial charge in [0.15, 0.2) is 0 Å². The molecule has 0 amide bonds. The van der Waals surface area contributed by atoms with Crippen LogP contribution in [-0.2, 0) is 0 Å². The molecule has 0 atom stereocenters. The molecule has 66 valence electrons.